The van der Waals surface area contributed by atoms with Crippen molar-refractivity contribution in [3.63, 3.8) is 0 Å². The molecular formula is C19H25NO. The number of rotatable bonds is 7. The second kappa shape index (κ2) is 7.84. The fourth-order valence-electron chi connectivity index (χ4n) is 2.61. The highest BCUT2D eigenvalue weighted by Gasteiger charge is 2.14. The smallest absolute Gasteiger partial charge is 0.118 e. The number of ether oxygens (including phenoxy) is 1. The molecule has 2 aromatic carbocycles. The minimum Gasteiger partial charge on any atom is -0.497 e. The molecule has 0 heterocycles. The van der Waals surface area contributed by atoms with Crippen molar-refractivity contribution >= 4 is 0 Å². The Labute approximate surface area is 128 Å². The van der Waals surface area contributed by atoms with Crippen LogP contribution in [-0.4, -0.2) is 7.11 Å². The number of benzene rings is 2. The van der Waals surface area contributed by atoms with Crippen LogP contribution in [0.1, 0.15) is 49.9 Å². The fraction of sp³-hybridized carbons (Fsp3) is 0.368. The molecule has 0 radical (unpaired) electrons. The van der Waals surface area contributed by atoms with E-state index in [9.17, 15) is 0 Å². The molecule has 21 heavy (non-hydrogen) atoms. The molecule has 0 amide bonds. The topological polar surface area (TPSA) is 21.3 Å². The number of nitrogens with one attached hydrogen (secondary N) is 1. The van der Waals surface area contributed by atoms with Crippen molar-refractivity contribution in [1.82, 2.24) is 5.32 Å². The average Bonchev–Trinajstić information content (AvgIpc) is 2.55. The zero-order chi connectivity index (χ0) is 15.1. The first kappa shape index (κ1) is 15.6. The van der Waals surface area contributed by atoms with E-state index >= 15 is 0 Å². The Bertz CT molecular complexity index is 521. The predicted octanol–water partition coefficient (Wildman–Crippen LogP) is 4.89. The van der Waals surface area contributed by atoms with E-state index in [2.05, 4.69) is 61.6 Å². The van der Waals surface area contributed by atoms with Crippen LogP contribution in [0.5, 0.6) is 5.75 Å². The zero-order valence-electron chi connectivity index (χ0n) is 13.2. The van der Waals surface area contributed by atoms with E-state index in [-0.39, 0.29) is 0 Å². The molecule has 112 valence electrons. The first-order valence-corrected chi connectivity index (χ1v) is 7.69. The van der Waals surface area contributed by atoms with Crippen LogP contribution >= 0.6 is 0 Å². The van der Waals surface area contributed by atoms with Crippen molar-refractivity contribution in [1.29, 1.82) is 0 Å². The van der Waals surface area contributed by atoms with Crippen LogP contribution in [0.15, 0.2) is 54.6 Å². The van der Waals surface area contributed by atoms with Crippen LogP contribution in [0.25, 0.3) is 0 Å². The summed E-state index contributed by atoms with van der Waals surface area (Å²) < 4.78 is 5.22. The maximum Gasteiger partial charge on any atom is 0.118 e. The first-order chi connectivity index (χ1) is 10.2. The molecule has 2 atom stereocenters. The molecule has 0 aliphatic carbocycles. The van der Waals surface area contributed by atoms with Crippen molar-refractivity contribution in [3.8, 4) is 5.75 Å². The molecule has 1 N–H and O–H groups in total. The maximum atomic E-state index is 5.22. The van der Waals surface area contributed by atoms with Crippen molar-refractivity contribution in [3.05, 3.63) is 65.7 Å². The molecule has 0 saturated heterocycles. The summed E-state index contributed by atoms with van der Waals surface area (Å²) in [5.74, 6) is 0.902. The molecule has 2 nitrogen and oxygen atoms in total. The van der Waals surface area contributed by atoms with Crippen LogP contribution in [0.2, 0.25) is 0 Å². The van der Waals surface area contributed by atoms with Gasteiger partial charge in [-0.1, -0.05) is 55.8 Å². The predicted molar refractivity (Wildman–Crippen MR) is 88.6 cm³/mol. The van der Waals surface area contributed by atoms with E-state index in [1.165, 1.54) is 17.5 Å². The van der Waals surface area contributed by atoms with Crippen LogP contribution in [-0.2, 0) is 0 Å². The van der Waals surface area contributed by atoms with Crippen LogP contribution < -0.4 is 10.1 Å². The van der Waals surface area contributed by atoms with Gasteiger partial charge in [0, 0.05) is 12.1 Å². The summed E-state index contributed by atoms with van der Waals surface area (Å²) in [6, 6.07) is 19.7. The lowest BCUT2D eigenvalue weighted by Gasteiger charge is -2.24. The van der Waals surface area contributed by atoms with Gasteiger partial charge in [-0.3, -0.25) is 0 Å². The molecule has 1 unspecified atom stereocenters. The summed E-state index contributed by atoms with van der Waals surface area (Å²) in [6.45, 7) is 4.45. The van der Waals surface area contributed by atoms with Crippen LogP contribution in [0, 0.1) is 0 Å². The van der Waals surface area contributed by atoms with Gasteiger partial charge in [-0.25, -0.2) is 0 Å². The van der Waals surface area contributed by atoms with Gasteiger partial charge in [0.15, 0.2) is 0 Å². The van der Waals surface area contributed by atoms with Gasteiger partial charge in [-0.15, -0.1) is 0 Å². The van der Waals surface area contributed by atoms with Crippen molar-refractivity contribution in [2.75, 3.05) is 7.11 Å². The van der Waals surface area contributed by atoms with E-state index in [0.29, 0.717) is 12.1 Å². The fourth-order valence-corrected chi connectivity index (χ4v) is 2.61. The second-order valence-corrected chi connectivity index (χ2v) is 5.41. The van der Waals surface area contributed by atoms with E-state index < -0.39 is 0 Å². The molecule has 0 aliphatic rings. The van der Waals surface area contributed by atoms with Crippen molar-refractivity contribution in [2.45, 2.75) is 38.8 Å². The normalized spacial score (nSPS) is 13.7. The van der Waals surface area contributed by atoms with Gasteiger partial charge in [0.25, 0.3) is 0 Å². The van der Waals surface area contributed by atoms with Gasteiger partial charge in [0.2, 0.25) is 0 Å². The zero-order valence-corrected chi connectivity index (χ0v) is 13.2. The van der Waals surface area contributed by atoms with E-state index in [0.717, 1.165) is 12.2 Å². The highest BCUT2D eigenvalue weighted by molar-refractivity contribution is 5.29. The van der Waals surface area contributed by atoms with Gasteiger partial charge in [-0.2, -0.15) is 0 Å². The quantitative estimate of drug-likeness (QED) is 0.781. The average molecular weight is 283 g/mol. The van der Waals surface area contributed by atoms with Gasteiger partial charge >= 0.3 is 0 Å². The summed E-state index contributed by atoms with van der Waals surface area (Å²) >= 11 is 0. The monoisotopic (exact) mass is 283 g/mol. The Morgan fingerprint density at radius 3 is 2.19 bits per heavy atom. The summed E-state index contributed by atoms with van der Waals surface area (Å²) in [4.78, 5) is 0. The Hall–Kier alpha value is -1.80. The lowest BCUT2D eigenvalue weighted by atomic mass is 9.99. The van der Waals surface area contributed by atoms with Crippen molar-refractivity contribution < 1.29 is 4.74 Å². The molecule has 2 heteroatoms. The second-order valence-electron chi connectivity index (χ2n) is 5.41. The minimum atomic E-state index is 0.313. The molecule has 0 bridgehead atoms. The Balaban J connectivity index is 2.08. The van der Waals surface area contributed by atoms with E-state index in [4.69, 9.17) is 4.74 Å². The Morgan fingerprint density at radius 2 is 1.62 bits per heavy atom. The standard InChI is InChI=1S/C19H25NO/c1-4-8-19(17-9-6-5-7-10-17)20-15(2)16-11-13-18(21-3)14-12-16/h5-7,9-15,19-20H,4,8H2,1-3H3/t15-,19?/m1/s1. The van der Waals surface area contributed by atoms with E-state index in [1.54, 1.807) is 7.11 Å². The third-order valence-corrected chi connectivity index (χ3v) is 3.85. The highest BCUT2D eigenvalue weighted by atomic mass is 16.5. The molecule has 0 aliphatic heterocycles. The molecular weight excluding hydrogens is 258 g/mol. The highest BCUT2D eigenvalue weighted by Crippen LogP contribution is 2.24. The summed E-state index contributed by atoms with van der Waals surface area (Å²) in [7, 11) is 1.70. The van der Waals surface area contributed by atoms with Gasteiger partial charge in [0.1, 0.15) is 5.75 Å². The molecule has 2 aromatic rings. The molecule has 0 saturated carbocycles. The lowest BCUT2D eigenvalue weighted by Crippen LogP contribution is -2.24. The lowest BCUT2D eigenvalue weighted by molar-refractivity contribution is 0.413. The third kappa shape index (κ3) is 4.33. The van der Waals surface area contributed by atoms with Gasteiger partial charge in [0.05, 0.1) is 7.11 Å². The Kier molecular flexibility index (Phi) is 5.82. The number of hydrogen-bond acceptors (Lipinski definition) is 2. The first-order valence-electron chi connectivity index (χ1n) is 7.69. The Morgan fingerprint density at radius 1 is 0.952 bits per heavy atom. The van der Waals surface area contributed by atoms with E-state index in [1.807, 2.05) is 12.1 Å². The van der Waals surface area contributed by atoms with Crippen LogP contribution in [0.4, 0.5) is 0 Å². The molecule has 0 spiro atoms. The molecule has 0 fully saturated rings. The molecule has 0 aromatic heterocycles. The minimum absolute atomic E-state index is 0.313. The van der Waals surface area contributed by atoms with Crippen LogP contribution in [0.3, 0.4) is 0 Å². The maximum absolute atomic E-state index is 5.22. The number of hydrogen-bond donors (Lipinski definition) is 1. The largest absolute Gasteiger partial charge is 0.497 e. The molecule has 2 rings (SSSR count). The summed E-state index contributed by atoms with van der Waals surface area (Å²) in [6.07, 6.45) is 2.31. The summed E-state index contributed by atoms with van der Waals surface area (Å²) in [5, 5.41) is 3.75. The van der Waals surface area contributed by atoms with Gasteiger partial charge < -0.3 is 10.1 Å². The number of methoxy groups -OCH3 is 1. The van der Waals surface area contributed by atoms with Crippen molar-refractivity contribution in [2.24, 2.45) is 0 Å². The summed E-state index contributed by atoms with van der Waals surface area (Å²) in [5.41, 5.74) is 2.65. The van der Waals surface area contributed by atoms with Gasteiger partial charge in [-0.05, 0) is 36.6 Å². The SMILES string of the molecule is CCCC(N[C@H](C)c1ccc(OC)cc1)c1ccccc1. The third-order valence-electron chi connectivity index (χ3n) is 3.85.